The lowest BCUT2D eigenvalue weighted by molar-refractivity contribution is -0.142. The first-order valence-electron chi connectivity index (χ1n) is 5.59. The molecule has 0 aromatic carbocycles. The van der Waals surface area contributed by atoms with Crippen LogP contribution in [0.3, 0.4) is 0 Å². The summed E-state index contributed by atoms with van der Waals surface area (Å²) in [5.74, 6) is 0.0838. The van der Waals surface area contributed by atoms with Crippen LogP contribution in [0.1, 0.15) is 35.6 Å². The number of fused-ring (bicyclic) bond motifs is 1. The Hall–Kier alpha value is -1.17. The molecule has 3 nitrogen and oxygen atoms in total. The van der Waals surface area contributed by atoms with Crippen LogP contribution in [-0.2, 0) is 25.4 Å². The highest BCUT2D eigenvalue weighted by Gasteiger charge is 2.37. The van der Waals surface area contributed by atoms with Gasteiger partial charge >= 0.3 is 6.18 Å². The zero-order valence-corrected chi connectivity index (χ0v) is 9.22. The smallest absolute Gasteiger partial charge is 0.396 e. The van der Waals surface area contributed by atoms with Crippen molar-refractivity contribution in [2.45, 2.75) is 38.3 Å². The molecule has 0 saturated heterocycles. The summed E-state index contributed by atoms with van der Waals surface area (Å²) >= 11 is 0. The van der Waals surface area contributed by atoms with Gasteiger partial charge < -0.3 is 5.11 Å². The maximum absolute atomic E-state index is 12.8. The largest absolute Gasteiger partial charge is 0.433 e. The maximum atomic E-state index is 12.8. The Morgan fingerprint density at radius 1 is 1.12 bits per heavy atom. The molecule has 1 aromatic rings. The van der Waals surface area contributed by atoms with E-state index in [4.69, 9.17) is 5.11 Å². The van der Waals surface area contributed by atoms with E-state index in [1.54, 1.807) is 0 Å². The SMILES string of the molecule is OCCc1nc2c(c(C(F)(F)F)n1)CCCC2. The quantitative estimate of drug-likeness (QED) is 0.867. The fourth-order valence-electron chi connectivity index (χ4n) is 2.09. The summed E-state index contributed by atoms with van der Waals surface area (Å²) in [6, 6.07) is 0. The van der Waals surface area contributed by atoms with Crippen molar-refractivity contribution in [3.8, 4) is 0 Å². The summed E-state index contributed by atoms with van der Waals surface area (Å²) in [6.07, 6.45) is -1.80. The van der Waals surface area contributed by atoms with Gasteiger partial charge in [0.1, 0.15) is 5.82 Å². The molecule has 1 N–H and O–H groups in total. The second-order valence-corrected chi connectivity index (χ2v) is 4.09. The predicted molar refractivity (Wildman–Crippen MR) is 54.5 cm³/mol. The zero-order chi connectivity index (χ0) is 12.5. The van der Waals surface area contributed by atoms with Crippen molar-refractivity contribution in [2.24, 2.45) is 0 Å². The number of aliphatic hydroxyl groups excluding tert-OH is 1. The van der Waals surface area contributed by atoms with Crippen LogP contribution in [-0.4, -0.2) is 21.7 Å². The van der Waals surface area contributed by atoms with Gasteiger partial charge in [0.2, 0.25) is 0 Å². The highest BCUT2D eigenvalue weighted by Crippen LogP contribution is 2.34. The van der Waals surface area contributed by atoms with E-state index < -0.39 is 11.9 Å². The Kier molecular flexibility index (Phi) is 3.33. The molecule has 94 valence electrons. The van der Waals surface area contributed by atoms with Gasteiger partial charge in [-0.05, 0) is 25.7 Å². The molecule has 17 heavy (non-hydrogen) atoms. The van der Waals surface area contributed by atoms with Crippen LogP contribution in [0, 0.1) is 0 Å². The van der Waals surface area contributed by atoms with Crippen LogP contribution in [0.15, 0.2) is 0 Å². The van der Waals surface area contributed by atoms with Gasteiger partial charge in [-0.2, -0.15) is 13.2 Å². The van der Waals surface area contributed by atoms with Gasteiger partial charge in [0.05, 0.1) is 6.61 Å². The summed E-state index contributed by atoms with van der Waals surface area (Å²) in [5, 5.41) is 8.76. The minimum Gasteiger partial charge on any atom is -0.396 e. The van der Waals surface area contributed by atoms with E-state index in [9.17, 15) is 13.2 Å². The van der Waals surface area contributed by atoms with Crippen molar-refractivity contribution in [1.82, 2.24) is 9.97 Å². The molecule has 6 heteroatoms. The number of nitrogens with zero attached hydrogens (tertiary/aromatic N) is 2. The van der Waals surface area contributed by atoms with Gasteiger partial charge in [-0.3, -0.25) is 0 Å². The molecule has 2 rings (SSSR count). The zero-order valence-electron chi connectivity index (χ0n) is 9.22. The van der Waals surface area contributed by atoms with Crippen LogP contribution >= 0.6 is 0 Å². The molecule has 1 aliphatic carbocycles. The van der Waals surface area contributed by atoms with Gasteiger partial charge in [-0.15, -0.1) is 0 Å². The Bertz CT molecular complexity index is 418. The van der Waals surface area contributed by atoms with E-state index in [1.165, 1.54) is 0 Å². The third-order valence-corrected chi connectivity index (χ3v) is 2.83. The van der Waals surface area contributed by atoms with Crippen molar-refractivity contribution < 1.29 is 18.3 Å². The Morgan fingerprint density at radius 3 is 2.47 bits per heavy atom. The van der Waals surface area contributed by atoms with E-state index in [0.717, 1.165) is 12.8 Å². The first-order valence-corrected chi connectivity index (χ1v) is 5.59. The van der Waals surface area contributed by atoms with Crippen molar-refractivity contribution in [2.75, 3.05) is 6.61 Å². The number of halogens is 3. The van der Waals surface area contributed by atoms with E-state index in [2.05, 4.69) is 9.97 Å². The van der Waals surface area contributed by atoms with E-state index >= 15 is 0 Å². The van der Waals surface area contributed by atoms with Gasteiger partial charge in [0.15, 0.2) is 5.69 Å². The molecular formula is C11H13F3N2O. The second kappa shape index (κ2) is 4.60. The highest BCUT2D eigenvalue weighted by atomic mass is 19.4. The maximum Gasteiger partial charge on any atom is 0.433 e. The van der Waals surface area contributed by atoms with E-state index in [0.29, 0.717) is 18.5 Å². The lowest BCUT2D eigenvalue weighted by Gasteiger charge is -2.20. The molecule has 0 saturated carbocycles. The molecule has 1 aliphatic rings. The number of aromatic nitrogens is 2. The first-order chi connectivity index (χ1) is 8.02. The predicted octanol–water partition coefficient (Wildman–Crippen LogP) is 1.91. The molecule has 1 aromatic heterocycles. The lowest BCUT2D eigenvalue weighted by Crippen LogP contribution is -2.20. The number of aryl methyl sites for hydroxylation is 1. The molecule has 0 unspecified atom stereocenters. The van der Waals surface area contributed by atoms with Gasteiger partial charge in [0.25, 0.3) is 0 Å². The van der Waals surface area contributed by atoms with Crippen LogP contribution < -0.4 is 0 Å². The number of hydrogen-bond donors (Lipinski definition) is 1. The van der Waals surface area contributed by atoms with Crippen molar-refractivity contribution >= 4 is 0 Å². The van der Waals surface area contributed by atoms with Gasteiger partial charge in [0, 0.05) is 17.7 Å². The van der Waals surface area contributed by atoms with Crippen molar-refractivity contribution in [1.29, 1.82) is 0 Å². The minimum atomic E-state index is -4.44. The van der Waals surface area contributed by atoms with Gasteiger partial charge in [-0.25, -0.2) is 9.97 Å². The molecular weight excluding hydrogens is 233 g/mol. The molecule has 0 atom stereocenters. The molecule has 0 bridgehead atoms. The normalized spacial score (nSPS) is 15.8. The minimum absolute atomic E-state index is 0.0658. The summed E-state index contributed by atoms with van der Waals surface area (Å²) in [6.45, 7) is -0.240. The standard InChI is InChI=1S/C11H13F3N2O/c12-11(13,14)10-7-3-1-2-4-8(7)15-9(16-10)5-6-17/h17H,1-6H2. The van der Waals surface area contributed by atoms with Crippen LogP contribution in [0.4, 0.5) is 13.2 Å². The molecule has 0 fully saturated rings. The molecule has 0 amide bonds. The Morgan fingerprint density at radius 2 is 1.82 bits per heavy atom. The van der Waals surface area contributed by atoms with Crippen LogP contribution in [0.5, 0.6) is 0 Å². The number of alkyl halides is 3. The van der Waals surface area contributed by atoms with Crippen LogP contribution in [0.2, 0.25) is 0 Å². The molecule has 0 radical (unpaired) electrons. The number of rotatable bonds is 2. The fourth-order valence-corrected chi connectivity index (χ4v) is 2.09. The Labute approximate surface area is 96.7 Å². The van der Waals surface area contributed by atoms with E-state index in [1.807, 2.05) is 0 Å². The fraction of sp³-hybridized carbons (Fsp3) is 0.636. The number of aliphatic hydroxyl groups is 1. The molecule has 0 aliphatic heterocycles. The molecule has 1 heterocycles. The Balaban J connectivity index is 2.50. The van der Waals surface area contributed by atoms with Crippen molar-refractivity contribution in [3.63, 3.8) is 0 Å². The average Bonchev–Trinajstić information content (AvgIpc) is 2.27. The average molecular weight is 246 g/mol. The topological polar surface area (TPSA) is 46.0 Å². The van der Waals surface area contributed by atoms with Crippen molar-refractivity contribution in [3.05, 3.63) is 22.8 Å². The summed E-state index contributed by atoms with van der Waals surface area (Å²) in [5.41, 5.74) is -0.0712. The monoisotopic (exact) mass is 246 g/mol. The lowest BCUT2D eigenvalue weighted by atomic mass is 9.94. The summed E-state index contributed by atoms with van der Waals surface area (Å²) < 4.78 is 38.5. The van der Waals surface area contributed by atoms with Crippen LogP contribution in [0.25, 0.3) is 0 Å². The third-order valence-electron chi connectivity index (χ3n) is 2.83. The van der Waals surface area contributed by atoms with E-state index in [-0.39, 0.29) is 24.4 Å². The molecule has 0 spiro atoms. The second-order valence-electron chi connectivity index (χ2n) is 4.09. The highest BCUT2D eigenvalue weighted by molar-refractivity contribution is 5.30. The van der Waals surface area contributed by atoms with Gasteiger partial charge in [-0.1, -0.05) is 0 Å². The number of hydrogen-bond acceptors (Lipinski definition) is 3. The first kappa shape index (κ1) is 12.3. The summed E-state index contributed by atoms with van der Waals surface area (Å²) in [7, 11) is 0. The third kappa shape index (κ3) is 2.57. The summed E-state index contributed by atoms with van der Waals surface area (Å²) in [4.78, 5) is 7.66.